The summed E-state index contributed by atoms with van der Waals surface area (Å²) in [6.45, 7) is 0. The lowest BCUT2D eigenvalue weighted by Crippen LogP contribution is -2.06. The third-order valence-corrected chi connectivity index (χ3v) is 3.94. The Morgan fingerprint density at radius 2 is 2.04 bits per heavy atom. The van der Waals surface area contributed by atoms with Crippen molar-refractivity contribution in [2.75, 3.05) is 7.11 Å². The fraction of sp³-hybridized carbons (Fsp3) is 0.105. The molecule has 24 heavy (non-hydrogen) atoms. The van der Waals surface area contributed by atoms with E-state index in [2.05, 4.69) is 9.98 Å². The average Bonchev–Trinajstić information content (AvgIpc) is 3.20. The highest BCUT2D eigenvalue weighted by Gasteiger charge is 2.27. The predicted molar refractivity (Wildman–Crippen MR) is 91.0 cm³/mol. The number of carbonyl (C=O) groups excluding carboxylic acids is 1. The molecular formula is C19H14N2O3. The van der Waals surface area contributed by atoms with E-state index in [9.17, 15) is 4.79 Å². The van der Waals surface area contributed by atoms with Gasteiger partial charge in [0.2, 0.25) is 5.90 Å². The van der Waals surface area contributed by atoms with Crippen LogP contribution in [-0.2, 0) is 9.53 Å². The van der Waals surface area contributed by atoms with Gasteiger partial charge in [-0.05, 0) is 35.9 Å². The Hall–Kier alpha value is -3.21. The molecule has 0 amide bonds. The number of para-hydroxylation sites is 1. The van der Waals surface area contributed by atoms with E-state index in [4.69, 9.17) is 9.47 Å². The maximum absolute atomic E-state index is 12.1. The number of allylic oxidation sites excluding steroid dienone is 1. The molecule has 0 aromatic heterocycles. The molecule has 2 heterocycles. The van der Waals surface area contributed by atoms with E-state index in [0.29, 0.717) is 17.0 Å². The van der Waals surface area contributed by atoms with Crippen LogP contribution in [0.3, 0.4) is 0 Å². The van der Waals surface area contributed by atoms with Crippen LogP contribution >= 0.6 is 0 Å². The highest BCUT2D eigenvalue weighted by Crippen LogP contribution is 2.34. The fourth-order valence-corrected chi connectivity index (χ4v) is 2.73. The van der Waals surface area contributed by atoms with Gasteiger partial charge in [-0.15, -0.1) is 0 Å². The van der Waals surface area contributed by atoms with Gasteiger partial charge >= 0.3 is 5.97 Å². The van der Waals surface area contributed by atoms with Crippen molar-refractivity contribution in [2.45, 2.75) is 5.92 Å². The van der Waals surface area contributed by atoms with Crippen molar-refractivity contribution >= 4 is 23.8 Å². The van der Waals surface area contributed by atoms with Gasteiger partial charge in [0.1, 0.15) is 11.4 Å². The van der Waals surface area contributed by atoms with Gasteiger partial charge in [-0.25, -0.2) is 9.79 Å². The summed E-state index contributed by atoms with van der Waals surface area (Å²) in [5, 5.41) is 0. The topological polar surface area (TPSA) is 60.2 Å². The summed E-state index contributed by atoms with van der Waals surface area (Å²) in [6, 6.07) is 15.1. The van der Waals surface area contributed by atoms with Crippen LogP contribution in [0.2, 0.25) is 0 Å². The first-order valence-electron chi connectivity index (χ1n) is 7.55. The lowest BCUT2D eigenvalue weighted by atomic mass is 10.00. The van der Waals surface area contributed by atoms with Gasteiger partial charge in [0.05, 0.1) is 12.8 Å². The molecule has 4 rings (SSSR count). The first-order chi connectivity index (χ1) is 11.7. The Bertz CT molecular complexity index is 912. The number of aliphatic imine (C=N–C) groups is 2. The zero-order chi connectivity index (χ0) is 16.5. The van der Waals surface area contributed by atoms with Gasteiger partial charge in [-0.1, -0.05) is 24.3 Å². The number of fused-ring (bicyclic) bond motifs is 1. The molecule has 2 aromatic rings. The molecule has 118 valence electrons. The van der Waals surface area contributed by atoms with Crippen LogP contribution in [-0.4, -0.2) is 25.2 Å². The largest absolute Gasteiger partial charge is 0.497 e. The fourth-order valence-electron chi connectivity index (χ4n) is 2.73. The van der Waals surface area contributed by atoms with E-state index in [0.717, 1.165) is 11.3 Å². The second kappa shape index (κ2) is 5.77. The monoisotopic (exact) mass is 318 g/mol. The van der Waals surface area contributed by atoms with E-state index in [1.807, 2.05) is 48.7 Å². The van der Waals surface area contributed by atoms with Crippen molar-refractivity contribution in [3.8, 4) is 5.75 Å². The number of methoxy groups -OCH3 is 1. The number of carbonyl (C=O) groups is 1. The number of hydrogen-bond donors (Lipinski definition) is 0. The van der Waals surface area contributed by atoms with Crippen molar-refractivity contribution in [2.24, 2.45) is 9.98 Å². The van der Waals surface area contributed by atoms with Gasteiger partial charge in [-0.2, -0.15) is 0 Å². The maximum atomic E-state index is 12.1. The van der Waals surface area contributed by atoms with Crippen molar-refractivity contribution in [3.63, 3.8) is 0 Å². The summed E-state index contributed by atoms with van der Waals surface area (Å²) in [5.74, 6) is 0.441. The molecule has 1 atom stereocenters. The summed E-state index contributed by atoms with van der Waals surface area (Å²) in [7, 11) is 1.59. The number of nitrogens with zero attached hydrogens (tertiary/aromatic N) is 2. The van der Waals surface area contributed by atoms with Crippen molar-refractivity contribution in [1.29, 1.82) is 0 Å². The van der Waals surface area contributed by atoms with Crippen molar-refractivity contribution in [1.82, 2.24) is 0 Å². The molecule has 0 bridgehead atoms. The number of benzene rings is 2. The number of ether oxygens (including phenoxy) is 2. The molecule has 0 spiro atoms. The van der Waals surface area contributed by atoms with Gasteiger partial charge in [-0.3, -0.25) is 4.99 Å². The van der Waals surface area contributed by atoms with Crippen molar-refractivity contribution < 1.29 is 14.3 Å². The van der Waals surface area contributed by atoms with E-state index in [1.54, 1.807) is 19.3 Å². The number of cyclic esters (lactones) is 1. The molecule has 0 unspecified atom stereocenters. The van der Waals surface area contributed by atoms with Gasteiger partial charge in [0.15, 0.2) is 0 Å². The van der Waals surface area contributed by atoms with Gasteiger partial charge in [0, 0.05) is 17.7 Å². The highest BCUT2D eigenvalue weighted by molar-refractivity contribution is 6.11. The summed E-state index contributed by atoms with van der Waals surface area (Å²) in [6.07, 6.45) is 3.59. The van der Waals surface area contributed by atoms with Gasteiger partial charge in [0.25, 0.3) is 0 Å². The quantitative estimate of drug-likeness (QED) is 0.644. The lowest BCUT2D eigenvalue weighted by molar-refractivity contribution is -0.130. The summed E-state index contributed by atoms with van der Waals surface area (Å²) in [5.41, 5.74) is 2.97. The lowest BCUT2D eigenvalue weighted by Gasteiger charge is -2.03. The molecule has 2 aromatic carbocycles. The minimum atomic E-state index is -0.453. The van der Waals surface area contributed by atoms with Crippen LogP contribution in [0.5, 0.6) is 5.75 Å². The summed E-state index contributed by atoms with van der Waals surface area (Å²) < 4.78 is 10.5. The predicted octanol–water partition coefficient (Wildman–Crippen LogP) is 3.38. The van der Waals surface area contributed by atoms with Crippen LogP contribution in [0.25, 0.3) is 0 Å². The zero-order valence-electron chi connectivity index (χ0n) is 13.0. The normalized spacial score (nSPS) is 20.0. The number of rotatable bonds is 3. The minimum Gasteiger partial charge on any atom is -0.497 e. The molecule has 2 aliphatic rings. The molecule has 0 fully saturated rings. The third-order valence-electron chi connectivity index (χ3n) is 3.94. The Labute approximate surface area is 139 Å². The molecular weight excluding hydrogens is 304 g/mol. The second-order valence-electron chi connectivity index (χ2n) is 5.45. The molecule has 0 radical (unpaired) electrons. The van der Waals surface area contributed by atoms with Crippen molar-refractivity contribution in [3.05, 3.63) is 71.4 Å². The molecule has 2 aliphatic heterocycles. The first kappa shape index (κ1) is 14.4. The van der Waals surface area contributed by atoms with Crippen LogP contribution in [0.15, 0.2) is 70.3 Å². The Morgan fingerprint density at radius 3 is 2.92 bits per heavy atom. The highest BCUT2D eigenvalue weighted by atomic mass is 16.6. The molecule has 0 saturated heterocycles. The Balaban J connectivity index is 1.66. The molecule has 0 N–H and O–H groups in total. The molecule has 5 heteroatoms. The van der Waals surface area contributed by atoms with E-state index >= 15 is 0 Å². The summed E-state index contributed by atoms with van der Waals surface area (Å²) in [4.78, 5) is 20.8. The Kier molecular flexibility index (Phi) is 3.46. The standard InChI is InChI=1S/C19H14N2O3/c1-23-14-6-4-5-12(9-14)18-21-17(19(22)24-18)10-13-11-20-16-8-3-2-7-15(13)16/h2-11,13H,1H3/b17-10-/t13-/m0/s1. The maximum Gasteiger partial charge on any atom is 0.363 e. The van der Waals surface area contributed by atoms with Crippen LogP contribution in [0, 0.1) is 0 Å². The van der Waals surface area contributed by atoms with E-state index in [-0.39, 0.29) is 11.8 Å². The Morgan fingerprint density at radius 1 is 1.17 bits per heavy atom. The van der Waals surface area contributed by atoms with E-state index < -0.39 is 5.97 Å². The van der Waals surface area contributed by atoms with Gasteiger partial charge < -0.3 is 9.47 Å². The van der Waals surface area contributed by atoms with E-state index in [1.165, 1.54) is 0 Å². The smallest absolute Gasteiger partial charge is 0.363 e. The van der Waals surface area contributed by atoms with Crippen LogP contribution in [0.1, 0.15) is 17.0 Å². The zero-order valence-corrected chi connectivity index (χ0v) is 13.0. The SMILES string of the molecule is COc1cccc(C2=N/C(=C\[C@H]3C=Nc4ccccc43)C(=O)O2)c1. The molecule has 5 nitrogen and oxygen atoms in total. The number of esters is 1. The molecule has 0 aliphatic carbocycles. The minimum absolute atomic E-state index is 0.0721. The average molecular weight is 318 g/mol. The molecule has 0 saturated carbocycles. The number of hydrogen-bond acceptors (Lipinski definition) is 5. The summed E-state index contributed by atoms with van der Waals surface area (Å²) >= 11 is 0. The second-order valence-corrected chi connectivity index (χ2v) is 5.45. The van der Waals surface area contributed by atoms with Crippen LogP contribution < -0.4 is 4.74 Å². The van der Waals surface area contributed by atoms with Crippen LogP contribution in [0.4, 0.5) is 5.69 Å². The third kappa shape index (κ3) is 2.50. The first-order valence-corrected chi connectivity index (χ1v) is 7.55.